The van der Waals surface area contributed by atoms with E-state index in [-0.39, 0.29) is 25.0 Å². The minimum Gasteiger partial charge on any atom is -0.369 e. The number of aromatic nitrogens is 4. The highest BCUT2D eigenvalue weighted by atomic mass is 32.1. The molecule has 0 saturated heterocycles. The Hall–Kier alpha value is -3.59. The highest BCUT2D eigenvalue weighted by molar-refractivity contribution is 7.59. The summed E-state index contributed by atoms with van der Waals surface area (Å²) in [7, 11) is 1.48. The summed E-state index contributed by atoms with van der Waals surface area (Å²) in [6.45, 7) is 2.62. The second kappa shape index (κ2) is 10.4. The van der Waals surface area contributed by atoms with E-state index >= 15 is 0 Å². The Balaban J connectivity index is 0.00000289. The van der Waals surface area contributed by atoms with Gasteiger partial charge in [-0.05, 0) is 30.5 Å². The molecule has 3 aromatic heterocycles. The fourth-order valence-corrected chi connectivity index (χ4v) is 4.13. The quantitative estimate of drug-likeness (QED) is 0.387. The largest absolute Gasteiger partial charge is 0.369 e. The lowest BCUT2D eigenvalue weighted by Gasteiger charge is -2.17. The van der Waals surface area contributed by atoms with E-state index in [0.29, 0.717) is 29.2 Å². The average Bonchev–Trinajstić information content (AvgIpc) is 3.72. The number of carbonyl (C=O) groups is 1. The molecule has 9 heteroatoms. The van der Waals surface area contributed by atoms with Crippen LogP contribution in [0.1, 0.15) is 53.2 Å². The zero-order chi connectivity index (χ0) is 23.7. The molecule has 0 spiro atoms. The number of fused-ring (bicyclic) bond motifs is 1. The van der Waals surface area contributed by atoms with Gasteiger partial charge in [-0.15, -0.1) is 0 Å². The summed E-state index contributed by atoms with van der Waals surface area (Å²) in [5, 5.41) is 6.36. The molecule has 1 amide bonds. The first-order valence-corrected chi connectivity index (χ1v) is 11.4. The van der Waals surface area contributed by atoms with Crippen molar-refractivity contribution in [2.45, 2.75) is 31.6 Å². The van der Waals surface area contributed by atoms with Crippen molar-refractivity contribution in [3.05, 3.63) is 77.8 Å². The highest BCUT2D eigenvalue weighted by Gasteiger charge is 2.24. The van der Waals surface area contributed by atoms with Gasteiger partial charge in [0.05, 0.1) is 23.0 Å². The van der Waals surface area contributed by atoms with Crippen LogP contribution in [0.5, 0.6) is 0 Å². The third kappa shape index (κ3) is 5.09. The summed E-state index contributed by atoms with van der Waals surface area (Å²) < 4.78 is 14.3. The van der Waals surface area contributed by atoms with Crippen LogP contribution in [-0.2, 0) is 0 Å². The molecular weight excluding hydrogens is 463 g/mol. The van der Waals surface area contributed by atoms with E-state index in [1.807, 2.05) is 24.4 Å². The van der Waals surface area contributed by atoms with Crippen LogP contribution in [0.3, 0.4) is 0 Å². The molecule has 3 heterocycles. The van der Waals surface area contributed by atoms with Crippen molar-refractivity contribution in [3.63, 3.8) is 0 Å². The Morgan fingerprint density at radius 1 is 1.11 bits per heavy atom. The van der Waals surface area contributed by atoms with Gasteiger partial charge in [0.25, 0.3) is 5.91 Å². The molecule has 180 valence electrons. The first-order chi connectivity index (χ1) is 16.5. The smallest absolute Gasteiger partial charge is 0.254 e. The van der Waals surface area contributed by atoms with Gasteiger partial charge in [-0.2, -0.15) is 13.5 Å². The first-order valence-electron chi connectivity index (χ1n) is 11.4. The molecule has 0 radical (unpaired) electrons. The number of rotatable bonds is 7. The average molecular weight is 491 g/mol. The molecule has 2 N–H and O–H groups in total. The van der Waals surface area contributed by atoms with Gasteiger partial charge in [0, 0.05) is 54.3 Å². The molecule has 1 aromatic carbocycles. The van der Waals surface area contributed by atoms with Crippen molar-refractivity contribution in [3.8, 4) is 11.3 Å². The lowest BCUT2D eigenvalue weighted by molar-refractivity contribution is 0.0960. The Morgan fingerprint density at radius 2 is 1.94 bits per heavy atom. The van der Waals surface area contributed by atoms with E-state index in [9.17, 15) is 9.18 Å². The van der Waals surface area contributed by atoms with Crippen LogP contribution in [0.4, 0.5) is 10.2 Å². The zero-order valence-electron chi connectivity index (χ0n) is 19.5. The minimum absolute atomic E-state index is 0. The molecule has 35 heavy (non-hydrogen) atoms. The molecule has 0 bridgehead atoms. The van der Waals surface area contributed by atoms with Gasteiger partial charge in [0.1, 0.15) is 12.1 Å². The van der Waals surface area contributed by atoms with Crippen LogP contribution >= 0.6 is 13.5 Å². The maximum Gasteiger partial charge on any atom is 0.254 e. The molecule has 7 nitrogen and oxygen atoms in total. The van der Waals surface area contributed by atoms with Crippen LogP contribution in [-0.4, -0.2) is 39.4 Å². The Kier molecular flexibility index (Phi) is 7.25. The van der Waals surface area contributed by atoms with Gasteiger partial charge in [0.2, 0.25) is 0 Å². The summed E-state index contributed by atoms with van der Waals surface area (Å²) in [6.07, 6.45) is 6.96. The van der Waals surface area contributed by atoms with E-state index in [1.165, 1.54) is 26.2 Å². The Morgan fingerprint density at radius 3 is 2.66 bits per heavy atom. The predicted molar refractivity (Wildman–Crippen MR) is 140 cm³/mol. The van der Waals surface area contributed by atoms with E-state index < -0.39 is 11.7 Å². The zero-order valence-corrected chi connectivity index (χ0v) is 20.5. The maximum atomic E-state index is 14.3. The van der Waals surface area contributed by atoms with Crippen molar-refractivity contribution in [2.75, 3.05) is 18.9 Å². The third-order valence-electron chi connectivity index (χ3n) is 6.20. The topological polar surface area (TPSA) is 92.7 Å². The fourth-order valence-electron chi connectivity index (χ4n) is 4.13. The van der Waals surface area contributed by atoms with Crippen LogP contribution in [0.15, 0.2) is 55.1 Å². The van der Waals surface area contributed by atoms with Crippen LogP contribution in [0, 0.1) is 5.82 Å². The van der Waals surface area contributed by atoms with Gasteiger partial charge in [-0.1, -0.05) is 25.1 Å². The molecular formula is C26H27FN6OS. The molecule has 0 aliphatic heterocycles. The van der Waals surface area contributed by atoms with Gasteiger partial charge < -0.3 is 10.6 Å². The van der Waals surface area contributed by atoms with Crippen LogP contribution < -0.4 is 10.6 Å². The minimum atomic E-state index is -0.636. The molecule has 0 unspecified atom stereocenters. The summed E-state index contributed by atoms with van der Waals surface area (Å²) in [5.41, 5.74) is 4.44. The summed E-state index contributed by atoms with van der Waals surface area (Å²) in [6, 6.07) is 11.5. The molecule has 4 aromatic rings. The second-order valence-electron chi connectivity index (χ2n) is 8.62. The molecule has 1 aliphatic carbocycles. The summed E-state index contributed by atoms with van der Waals surface area (Å²) in [4.78, 5) is 29.9. The number of nitrogens with zero attached hydrogens (tertiary/aromatic N) is 4. The van der Waals surface area contributed by atoms with E-state index in [0.717, 1.165) is 28.7 Å². The molecule has 1 fully saturated rings. The van der Waals surface area contributed by atoms with Crippen molar-refractivity contribution >= 4 is 36.1 Å². The monoisotopic (exact) mass is 490 g/mol. The Bertz CT molecular complexity index is 1360. The van der Waals surface area contributed by atoms with Gasteiger partial charge >= 0.3 is 0 Å². The standard InChI is InChI=1S/C26H25FN6O.H2S/c1-15(18-4-3-5-19-24(26(34)28-2)20(27)13-31-25(18)19)11-30-23-10-22(32-14-33-23)17-8-9-21(29-12-17)16-6-7-16;/h3-5,8-10,12-16H,6-7,11H2,1-2H3,(H,28,34)(H,30,32,33);1H2/t15-;/m1./s1. The predicted octanol–water partition coefficient (Wildman–Crippen LogP) is 4.79. The molecule has 5 rings (SSSR count). The lowest BCUT2D eigenvalue weighted by atomic mass is 9.96. The third-order valence-corrected chi connectivity index (χ3v) is 6.20. The molecule has 1 atom stereocenters. The summed E-state index contributed by atoms with van der Waals surface area (Å²) in [5.74, 6) is 0.236. The number of carbonyl (C=O) groups excluding carboxylic acids is 1. The number of amides is 1. The van der Waals surface area contributed by atoms with Crippen molar-refractivity contribution in [2.24, 2.45) is 0 Å². The van der Waals surface area contributed by atoms with Crippen LogP contribution in [0.25, 0.3) is 22.2 Å². The number of para-hydroxylation sites is 1. The normalized spacial score (nSPS) is 13.7. The van der Waals surface area contributed by atoms with Gasteiger partial charge in [0.15, 0.2) is 5.82 Å². The maximum absolute atomic E-state index is 14.3. The van der Waals surface area contributed by atoms with E-state index in [2.05, 4.69) is 49.6 Å². The number of anilines is 1. The van der Waals surface area contributed by atoms with Gasteiger partial charge in [-0.3, -0.25) is 14.8 Å². The van der Waals surface area contributed by atoms with Crippen LogP contribution in [0.2, 0.25) is 0 Å². The lowest BCUT2D eigenvalue weighted by Crippen LogP contribution is -2.20. The van der Waals surface area contributed by atoms with Crippen molar-refractivity contribution in [1.82, 2.24) is 25.3 Å². The summed E-state index contributed by atoms with van der Waals surface area (Å²) >= 11 is 0. The number of pyridine rings is 2. The van der Waals surface area contributed by atoms with Crippen molar-refractivity contribution in [1.29, 1.82) is 0 Å². The fraction of sp³-hybridized carbons (Fsp3) is 0.269. The van der Waals surface area contributed by atoms with E-state index in [4.69, 9.17) is 0 Å². The highest BCUT2D eigenvalue weighted by Crippen LogP contribution is 2.39. The second-order valence-corrected chi connectivity index (χ2v) is 8.62. The number of benzene rings is 1. The van der Waals surface area contributed by atoms with Crippen molar-refractivity contribution < 1.29 is 9.18 Å². The molecule has 1 saturated carbocycles. The number of hydrogen-bond acceptors (Lipinski definition) is 6. The Labute approximate surface area is 210 Å². The van der Waals surface area contributed by atoms with E-state index in [1.54, 1.807) is 6.07 Å². The number of nitrogens with one attached hydrogen (secondary N) is 2. The number of halogens is 1. The number of hydrogen-bond donors (Lipinski definition) is 2. The SMILES string of the molecule is CNC(=O)c1c(F)cnc2c([C@H](C)CNc3cc(-c4ccc(C5CC5)nc4)ncn3)cccc12.S. The van der Waals surface area contributed by atoms with Gasteiger partial charge in [-0.25, -0.2) is 14.4 Å². The first kappa shape index (κ1) is 24.5. The molecule has 1 aliphatic rings.